The maximum absolute atomic E-state index is 11.8. The monoisotopic (exact) mass is 268 g/mol. The van der Waals surface area contributed by atoms with Gasteiger partial charge in [0.25, 0.3) is 0 Å². The average molecular weight is 268 g/mol. The fourth-order valence-corrected chi connectivity index (χ4v) is 2.55. The van der Waals surface area contributed by atoms with Crippen molar-refractivity contribution in [3.05, 3.63) is 12.2 Å². The van der Waals surface area contributed by atoms with Crippen LogP contribution < -0.4 is 0 Å². The molecule has 19 heavy (non-hydrogen) atoms. The van der Waals surface area contributed by atoms with Crippen LogP contribution in [0.2, 0.25) is 0 Å². The molecule has 0 amide bonds. The Bertz CT molecular complexity index is 300. The van der Waals surface area contributed by atoms with E-state index in [0.29, 0.717) is 11.7 Å². The van der Waals surface area contributed by atoms with E-state index in [1.807, 2.05) is 13.8 Å². The van der Waals surface area contributed by atoms with Crippen molar-refractivity contribution in [1.82, 2.24) is 0 Å². The SMILES string of the molecule is CC(C)(C)C1C=CC(=O)C1C(C)(C)C.CCOCC. The zero-order valence-corrected chi connectivity index (χ0v) is 14.0. The summed E-state index contributed by atoms with van der Waals surface area (Å²) in [7, 11) is 0. The van der Waals surface area contributed by atoms with Crippen LogP contribution >= 0.6 is 0 Å². The number of hydrogen-bond acceptors (Lipinski definition) is 2. The predicted molar refractivity (Wildman–Crippen MR) is 82.2 cm³/mol. The van der Waals surface area contributed by atoms with Gasteiger partial charge in [-0.15, -0.1) is 0 Å². The lowest BCUT2D eigenvalue weighted by Gasteiger charge is -2.38. The van der Waals surface area contributed by atoms with Crippen molar-refractivity contribution >= 4 is 5.78 Å². The van der Waals surface area contributed by atoms with E-state index in [1.165, 1.54) is 0 Å². The van der Waals surface area contributed by atoms with Gasteiger partial charge < -0.3 is 4.74 Å². The van der Waals surface area contributed by atoms with Crippen LogP contribution in [-0.2, 0) is 9.53 Å². The molecule has 0 aromatic rings. The molecule has 0 aromatic heterocycles. The van der Waals surface area contributed by atoms with E-state index in [4.69, 9.17) is 4.74 Å². The van der Waals surface area contributed by atoms with Crippen LogP contribution in [0.1, 0.15) is 55.4 Å². The summed E-state index contributed by atoms with van der Waals surface area (Å²) in [6.45, 7) is 18.8. The highest BCUT2D eigenvalue weighted by Gasteiger charge is 2.43. The van der Waals surface area contributed by atoms with Gasteiger partial charge in [0.05, 0.1) is 0 Å². The molecule has 1 aliphatic rings. The Morgan fingerprint density at radius 3 is 1.68 bits per heavy atom. The normalized spacial score (nSPS) is 23.3. The summed E-state index contributed by atoms with van der Waals surface area (Å²) in [5.74, 6) is 0.843. The molecule has 2 nitrogen and oxygen atoms in total. The highest BCUT2D eigenvalue weighted by Crippen LogP contribution is 2.45. The first-order chi connectivity index (χ1) is 8.55. The average Bonchev–Trinajstić information content (AvgIpc) is 2.61. The minimum atomic E-state index is 0.0680. The van der Waals surface area contributed by atoms with Crippen LogP contribution in [0.4, 0.5) is 0 Å². The van der Waals surface area contributed by atoms with Gasteiger partial charge in [-0.25, -0.2) is 0 Å². The molecule has 0 N–H and O–H groups in total. The van der Waals surface area contributed by atoms with Crippen molar-refractivity contribution in [2.45, 2.75) is 55.4 Å². The number of ketones is 1. The molecule has 0 saturated heterocycles. The summed E-state index contributed by atoms with van der Waals surface area (Å²) in [6, 6.07) is 0. The largest absolute Gasteiger partial charge is 0.382 e. The quantitative estimate of drug-likeness (QED) is 0.737. The second-order valence-electron chi connectivity index (χ2n) is 7.28. The minimum absolute atomic E-state index is 0.0680. The molecule has 112 valence electrons. The van der Waals surface area contributed by atoms with Gasteiger partial charge in [-0.05, 0) is 36.7 Å². The van der Waals surface area contributed by atoms with E-state index in [-0.39, 0.29) is 16.7 Å². The first-order valence-corrected chi connectivity index (χ1v) is 7.35. The highest BCUT2D eigenvalue weighted by molar-refractivity contribution is 5.95. The van der Waals surface area contributed by atoms with Crippen molar-refractivity contribution in [2.24, 2.45) is 22.7 Å². The summed E-state index contributed by atoms with van der Waals surface area (Å²) in [6.07, 6.45) is 3.87. The summed E-state index contributed by atoms with van der Waals surface area (Å²) in [5.41, 5.74) is 0.249. The maximum Gasteiger partial charge on any atom is 0.159 e. The molecule has 0 aromatic carbocycles. The minimum Gasteiger partial charge on any atom is -0.382 e. The molecular formula is C17H32O2. The third kappa shape index (κ3) is 5.90. The molecule has 1 rings (SSSR count). The molecule has 0 radical (unpaired) electrons. The van der Waals surface area contributed by atoms with Gasteiger partial charge in [-0.2, -0.15) is 0 Å². The molecule has 2 heteroatoms. The number of allylic oxidation sites excluding steroid dienone is 2. The van der Waals surface area contributed by atoms with Crippen molar-refractivity contribution in [3.8, 4) is 0 Å². The molecule has 2 unspecified atom stereocenters. The Kier molecular flexibility index (Phi) is 6.99. The standard InChI is InChI=1S/C13H22O.C4H10O/c1-12(2,3)9-7-8-10(14)11(9)13(4,5)6;1-3-5-4-2/h7-9,11H,1-6H3;3-4H2,1-2H3. The number of carbonyl (C=O) groups is 1. The van der Waals surface area contributed by atoms with Crippen LogP contribution in [0.15, 0.2) is 12.2 Å². The Morgan fingerprint density at radius 1 is 1.00 bits per heavy atom. The van der Waals surface area contributed by atoms with Crippen LogP contribution in [0, 0.1) is 22.7 Å². The molecule has 0 spiro atoms. The lowest BCUT2D eigenvalue weighted by atomic mass is 9.65. The Hall–Kier alpha value is -0.630. The molecule has 0 heterocycles. The summed E-state index contributed by atoms with van der Waals surface area (Å²) >= 11 is 0. The van der Waals surface area contributed by atoms with E-state index in [2.05, 4.69) is 47.6 Å². The first kappa shape index (κ1) is 18.4. The van der Waals surface area contributed by atoms with E-state index in [1.54, 1.807) is 6.08 Å². The second-order valence-corrected chi connectivity index (χ2v) is 7.28. The molecule has 1 aliphatic carbocycles. The molecule has 0 saturated carbocycles. The van der Waals surface area contributed by atoms with E-state index in [9.17, 15) is 4.79 Å². The Labute approximate surface area is 119 Å². The van der Waals surface area contributed by atoms with Crippen LogP contribution in [0.25, 0.3) is 0 Å². The Morgan fingerprint density at radius 2 is 1.47 bits per heavy atom. The van der Waals surface area contributed by atoms with Crippen molar-refractivity contribution in [1.29, 1.82) is 0 Å². The second kappa shape index (κ2) is 7.23. The fraction of sp³-hybridized carbons (Fsp3) is 0.824. The fourth-order valence-electron chi connectivity index (χ4n) is 2.55. The van der Waals surface area contributed by atoms with Crippen LogP contribution in [0.3, 0.4) is 0 Å². The molecule has 0 bridgehead atoms. The van der Waals surface area contributed by atoms with Gasteiger partial charge >= 0.3 is 0 Å². The van der Waals surface area contributed by atoms with Gasteiger partial charge in [0, 0.05) is 19.1 Å². The zero-order chi connectivity index (χ0) is 15.3. The summed E-state index contributed by atoms with van der Waals surface area (Å²) in [4.78, 5) is 11.8. The smallest absolute Gasteiger partial charge is 0.159 e. The zero-order valence-electron chi connectivity index (χ0n) is 14.0. The maximum atomic E-state index is 11.8. The van der Waals surface area contributed by atoms with Gasteiger partial charge in [0.15, 0.2) is 5.78 Å². The third-order valence-corrected chi connectivity index (χ3v) is 3.47. The molecule has 0 aliphatic heterocycles. The predicted octanol–water partition coefficient (Wildman–Crippen LogP) is 4.49. The van der Waals surface area contributed by atoms with Gasteiger partial charge in [-0.3, -0.25) is 4.79 Å². The lowest BCUT2D eigenvalue weighted by Crippen LogP contribution is -2.36. The number of carbonyl (C=O) groups excluding carboxylic acids is 1. The van der Waals surface area contributed by atoms with Gasteiger partial charge in [-0.1, -0.05) is 47.6 Å². The number of ether oxygens (including phenoxy) is 1. The topological polar surface area (TPSA) is 26.3 Å². The number of hydrogen-bond donors (Lipinski definition) is 0. The van der Waals surface area contributed by atoms with Crippen LogP contribution in [-0.4, -0.2) is 19.0 Å². The van der Waals surface area contributed by atoms with Gasteiger partial charge in [0.1, 0.15) is 0 Å². The van der Waals surface area contributed by atoms with Crippen LogP contribution in [0.5, 0.6) is 0 Å². The van der Waals surface area contributed by atoms with E-state index < -0.39 is 0 Å². The molecule has 2 atom stereocenters. The first-order valence-electron chi connectivity index (χ1n) is 7.35. The van der Waals surface area contributed by atoms with E-state index in [0.717, 1.165) is 13.2 Å². The third-order valence-electron chi connectivity index (χ3n) is 3.47. The lowest BCUT2D eigenvalue weighted by molar-refractivity contribution is -0.122. The summed E-state index contributed by atoms with van der Waals surface area (Å²) in [5, 5.41) is 0. The van der Waals surface area contributed by atoms with Crippen molar-refractivity contribution in [2.75, 3.05) is 13.2 Å². The highest BCUT2D eigenvalue weighted by atomic mass is 16.5. The number of rotatable bonds is 2. The Balaban J connectivity index is 0.000000555. The molecular weight excluding hydrogens is 236 g/mol. The summed E-state index contributed by atoms with van der Waals surface area (Å²) < 4.78 is 4.83. The van der Waals surface area contributed by atoms with E-state index >= 15 is 0 Å². The van der Waals surface area contributed by atoms with Gasteiger partial charge in [0.2, 0.25) is 0 Å². The van der Waals surface area contributed by atoms with Crippen molar-refractivity contribution in [3.63, 3.8) is 0 Å². The molecule has 0 fully saturated rings. The van der Waals surface area contributed by atoms with Crippen molar-refractivity contribution < 1.29 is 9.53 Å².